The molecule has 1 heterocycles. The molecule has 2 rings (SSSR count). The predicted molar refractivity (Wildman–Crippen MR) is 81.9 cm³/mol. The molecule has 5 nitrogen and oxygen atoms in total. The van der Waals surface area contributed by atoms with Crippen molar-refractivity contribution < 1.29 is 9.59 Å². The normalized spacial score (nSPS) is 15.5. The number of amides is 2. The third-order valence-electron chi connectivity index (χ3n) is 3.93. The zero-order valence-electron chi connectivity index (χ0n) is 12.7. The Bertz CT molecular complexity index is 493. The van der Waals surface area contributed by atoms with Crippen LogP contribution < -0.4 is 10.6 Å². The van der Waals surface area contributed by atoms with Crippen LogP contribution in [-0.4, -0.2) is 43.9 Å². The van der Waals surface area contributed by atoms with E-state index in [4.69, 9.17) is 0 Å². The molecule has 114 valence electrons. The van der Waals surface area contributed by atoms with Crippen LogP contribution in [0.2, 0.25) is 0 Å². The second-order valence-electron chi connectivity index (χ2n) is 5.49. The second-order valence-corrected chi connectivity index (χ2v) is 5.49. The van der Waals surface area contributed by atoms with Gasteiger partial charge >= 0.3 is 0 Å². The summed E-state index contributed by atoms with van der Waals surface area (Å²) >= 11 is 0. The van der Waals surface area contributed by atoms with E-state index in [2.05, 4.69) is 10.6 Å². The monoisotopic (exact) mass is 289 g/mol. The van der Waals surface area contributed by atoms with Crippen molar-refractivity contribution in [3.63, 3.8) is 0 Å². The fourth-order valence-electron chi connectivity index (χ4n) is 2.64. The first-order valence-corrected chi connectivity index (χ1v) is 7.38. The molecule has 0 spiro atoms. The number of hydrogen-bond donors (Lipinski definition) is 2. The molecule has 0 unspecified atom stereocenters. The summed E-state index contributed by atoms with van der Waals surface area (Å²) in [5.41, 5.74) is 1.67. The number of carbonyl (C=O) groups excluding carboxylic acids is 2. The molecule has 0 aromatic heterocycles. The first kappa shape index (κ1) is 15.5. The Morgan fingerprint density at radius 1 is 1.24 bits per heavy atom. The lowest BCUT2D eigenvalue weighted by Crippen LogP contribution is -2.38. The lowest BCUT2D eigenvalue weighted by atomic mass is 9.96. The minimum atomic E-state index is -0.0966. The van der Waals surface area contributed by atoms with E-state index in [1.807, 2.05) is 19.2 Å². The smallest absolute Gasteiger partial charge is 0.251 e. The Balaban J connectivity index is 1.93. The van der Waals surface area contributed by atoms with Gasteiger partial charge in [-0.2, -0.15) is 0 Å². The average Bonchev–Trinajstić information content (AvgIpc) is 2.55. The first-order chi connectivity index (χ1) is 10.1. The quantitative estimate of drug-likeness (QED) is 0.869. The summed E-state index contributed by atoms with van der Waals surface area (Å²) in [5.74, 6) is 0.258. The SMILES string of the molecule is CNC(=O)c1ccc(CN(C)C(=O)C2CCNCC2)cc1. The molecule has 1 aliphatic rings. The van der Waals surface area contributed by atoms with E-state index in [-0.39, 0.29) is 17.7 Å². The van der Waals surface area contributed by atoms with E-state index in [0.717, 1.165) is 31.5 Å². The van der Waals surface area contributed by atoms with Crippen molar-refractivity contribution in [2.45, 2.75) is 19.4 Å². The van der Waals surface area contributed by atoms with Gasteiger partial charge in [0.1, 0.15) is 0 Å². The molecule has 0 radical (unpaired) electrons. The van der Waals surface area contributed by atoms with Gasteiger partial charge in [0, 0.05) is 32.1 Å². The Labute approximate surface area is 125 Å². The lowest BCUT2D eigenvalue weighted by Gasteiger charge is -2.27. The highest BCUT2D eigenvalue weighted by atomic mass is 16.2. The maximum Gasteiger partial charge on any atom is 0.251 e. The van der Waals surface area contributed by atoms with Gasteiger partial charge in [0.05, 0.1) is 0 Å². The van der Waals surface area contributed by atoms with Crippen molar-refractivity contribution in [1.82, 2.24) is 15.5 Å². The Kier molecular flexibility index (Phi) is 5.33. The van der Waals surface area contributed by atoms with Crippen LogP contribution in [0, 0.1) is 5.92 Å². The van der Waals surface area contributed by atoms with Crippen LogP contribution in [0.1, 0.15) is 28.8 Å². The molecule has 21 heavy (non-hydrogen) atoms. The molecular formula is C16H23N3O2. The van der Waals surface area contributed by atoms with Crippen LogP contribution in [0.25, 0.3) is 0 Å². The van der Waals surface area contributed by atoms with Crippen molar-refractivity contribution in [3.05, 3.63) is 35.4 Å². The Hall–Kier alpha value is -1.88. The van der Waals surface area contributed by atoms with Gasteiger partial charge in [0.2, 0.25) is 5.91 Å². The van der Waals surface area contributed by atoms with Crippen molar-refractivity contribution in [1.29, 1.82) is 0 Å². The minimum Gasteiger partial charge on any atom is -0.355 e. The third kappa shape index (κ3) is 4.04. The number of benzene rings is 1. The zero-order valence-corrected chi connectivity index (χ0v) is 12.7. The highest BCUT2D eigenvalue weighted by molar-refractivity contribution is 5.93. The number of nitrogens with zero attached hydrogens (tertiary/aromatic N) is 1. The van der Waals surface area contributed by atoms with Crippen LogP contribution in [0.3, 0.4) is 0 Å². The van der Waals surface area contributed by atoms with Crippen molar-refractivity contribution in [3.8, 4) is 0 Å². The molecule has 1 fully saturated rings. The first-order valence-electron chi connectivity index (χ1n) is 7.38. The van der Waals surface area contributed by atoms with Gasteiger partial charge in [-0.25, -0.2) is 0 Å². The highest BCUT2D eigenvalue weighted by Gasteiger charge is 2.23. The lowest BCUT2D eigenvalue weighted by molar-refractivity contribution is -0.135. The molecular weight excluding hydrogens is 266 g/mol. The molecule has 2 N–H and O–H groups in total. The summed E-state index contributed by atoms with van der Waals surface area (Å²) in [6, 6.07) is 7.38. The van der Waals surface area contributed by atoms with E-state index < -0.39 is 0 Å². The maximum atomic E-state index is 12.4. The van der Waals surface area contributed by atoms with E-state index in [1.165, 1.54) is 0 Å². The van der Waals surface area contributed by atoms with Gasteiger partial charge in [-0.15, -0.1) is 0 Å². The summed E-state index contributed by atoms with van der Waals surface area (Å²) in [6.45, 7) is 2.42. The van der Waals surface area contributed by atoms with Gasteiger partial charge in [-0.05, 0) is 43.6 Å². The standard InChI is InChI=1S/C16H23N3O2/c1-17-15(20)13-5-3-12(4-6-13)11-19(2)16(21)14-7-9-18-10-8-14/h3-6,14,18H,7-11H2,1-2H3,(H,17,20). The Morgan fingerprint density at radius 2 is 1.86 bits per heavy atom. The van der Waals surface area contributed by atoms with Gasteiger partial charge in [0.15, 0.2) is 0 Å². The van der Waals surface area contributed by atoms with Crippen LogP contribution in [0.5, 0.6) is 0 Å². The maximum absolute atomic E-state index is 12.4. The van der Waals surface area contributed by atoms with E-state index in [1.54, 1.807) is 24.1 Å². The fourth-order valence-corrected chi connectivity index (χ4v) is 2.64. The van der Waals surface area contributed by atoms with Gasteiger partial charge in [-0.3, -0.25) is 9.59 Å². The summed E-state index contributed by atoms with van der Waals surface area (Å²) in [6.07, 6.45) is 1.83. The molecule has 0 bridgehead atoms. The molecule has 2 amide bonds. The molecule has 5 heteroatoms. The third-order valence-corrected chi connectivity index (χ3v) is 3.93. The van der Waals surface area contributed by atoms with E-state index >= 15 is 0 Å². The van der Waals surface area contributed by atoms with Crippen LogP contribution >= 0.6 is 0 Å². The number of hydrogen-bond acceptors (Lipinski definition) is 3. The van der Waals surface area contributed by atoms with Crippen molar-refractivity contribution >= 4 is 11.8 Å². The molecule has 1 saturated heterocycles. The molecule has 1 aliphatic heterocycles. The number of piperidine rings is 1. The summed E-state index contributed by atoms with van der Waals surface area (Å²) in [7, 11) is 3.46. The molecule has 1 aromatic rings. The molecule has 1 aromatic carbocycles. The molecule has 0 saturated carbocycles. The van der Waals surface area contributed by atoms with E-state index in [0.29, 0.717) is 12.1 Å². The van der Waals surface area contributed by atoms with E-state index in [9.17, 15) is 9.59 Å². The number of rotatable bonds is 4. The number of carbonyl (C=O) groups is 2. The fraction of sp³-hybridized carbons (Fsp3) is 0.500. The summed E-state index contributed by atoms with van der Waals surface area (Å²) in [4.78, 5) is 25.6. The predicted octanol–water partition coefficient (Wildman–Crippen LogP) is 1.00. The van der Waals surface area contributed by atoms with Crippen molar-refractivity contribution in [2.24, 2.45) is 5.92 Å². The molecule has 0 aliphatic carbocycles. The second kappa shape index (κ2) is 7.22. The zero-order chi connectivity index (χ0) is 15.2. The van der Waals surface area contributed by atoms with Crippen LogP contribution in [-0.2, 0) is 11.3 Å². The summed E-state index contributed by atoms with van der Waals surface area (Å²) in [5, 5.41) is 5.87. The van der Waals surface area contributed by atoms with Crippen LogP contribution in [0.15, 0.2) is 24.3 Å². The van der Waals surface area contributed by atoms with Gasteiger partial charge in [0.25, 0.3) is 5.91 Å². The topological polar surface area (TPSA) is 61.4 Å². The minimum absolute atomic E-state index is 0.0966. The highest BCUT2D eigenvalue weighted by Crippen LogP contribution is 2.16. The van der Waals surface area contributed by atoms with Gasteiger partial charge < -0.3 is 15.5 Å². The number of nitrogens with one attached hydrogen (secondary N) is 2. The van der Waals surface area contributed by atoms with Gasteiger partial charge in [-0.1, -0.05) is 12.1 Å². The largest absolute Gasteiger partial charge is 0.355 e. The van der Waals surface area contributed by atoms with Crippen molar-refractivity contribution in [2.75, 3.05) is 27.2 Å². The van der Waals surface area contributed by atoms with Crippen LogP contribution in [0.4, 0.5) is 0 Å². The average molecular weight is 289 g/mol. The Morgan fingerprint density at radius 3 is 2.43 bits per heavy atom. The molecule has 0 atom stereocenters. The summed E-state index contributed by atoms with van der Waals surface area (Å²) < 4.78 is 0.